The Morgan fingerprint density at radius 2 is 1.72 bits per heavy atom. The number of likely N-dealkylation sites (N-methyl/N-ethyl adjacent to an activating group) is 1. The molecule has 0 bridgehead atoms. The molecule has 1 unspecified atom stereocenters. The van der Waals surface area contributed by atoms with Crippen molar-refractivity contribution in [1.82, 2.24) is 0 Å². The van der Waals surface area contributed by atoms with Crippen molar-refractivity contribution in [2.24, 2.45) is 0 Å². The van der Waals surface area contributed by atoms with Gasteiger partial charge in [-0.1, -0.05) is 6.58 Å². The second kappa shape index (κ2) is 8.66. The first-order chi connectivity index (χ1) is 7.95. The fourth-order valence-corrected chi connectivity index (χ4v) is 0.980. The van der Waals surface area contributed by atoms with Crippen molar-refractivity contribution in [3.8, 4) is 0 Å². The molecule has 0 fully saturated rings. The molecule has 6 nitrogen and oxygen atoms in total. The van der Waals surface area contributed by atoms with Crippen LogP contribution in [0.3, 0.4) is 0 Å². The Kier molecular flexibility index (Phi) is 9.11. The number of carboxylic acids is 1. The summed E-state index contributed by atoms with van der Waals surface area (Å²) in [6, 6.07) is 0. The lowest BCUT2D eigenvalue weighted by Gasteiger charge is -2.26. The number of hydrogen-bond donors (Lipinski definition) is 1. The van der Waals surface area contributed by atoms with Gasteiger partial charge in [0.2, 0.25) is 0 Å². The molecular formula is C12H23NO5. The molecule has 18 heavy (non-hydrogen) atoms. The second-order valence-electron chi connectivity index (χ2n) is 5.00. The lowest BCUT2D eigenvalue weighted by molar-refractivity contribution is -0.873. The summed E-state index contributed by atoms with van der Waals surface area (Å²) in [5, 5.41) is 18.4. The minimum Gasteiger partial charge on any atom is -0.550 e. The molecule has 0 aliphatic carbocycles. The summed E-state index contributed by atoms with van der Waals surface area (Å²) in [5.74, 6) is -1.54. The van der Waals surface area contributed by atoms with E-state index in [9.17, 15) is 9.90 Å². The van der Waals surface area contributed by atoms with E-state index in [0.717, 1.165) is 6.92 Å². The minimum absolute atomic E-state index is 0.0290. The highest BCUT2D eigenvalue weighted by Gasteiger charge is 2.17. The molecule has 0 radical (unpaired) electrons. The summed E-state index contributed by atoms with van der Waals surface area (Å²) >= 11 is 0. The van der Waals surface area contributed by atoms with Gasteiger partial charge in [-0.3, -0.25) is 0 Å². The van der Waals surface area contributed by atoms with E-state index in [-0.39, 0.29) is 6.61 Å². The maximum Gasteiger partial charge on any atom is 0.333 e. The van der Waals surface area contributed by atoms with Crippen LogP contribution in [0.25, 0.3) is 0 Å². The van der Waals surface area contributed by atoms with Gasteiger partial charge >= 0.3 is 5.97 Å². The van der Waals surface area contributed by atoms with E-state index in [1.807, 2.05) is 21.1 Å². The topological polar surface area (TPSA) is 86.7 Å². The van der Waals surface area contributed by atoms with Crippen LogP contribution in [0.5, 0.6) is 0 Å². The van der Waals surface area contributed by atoms with Gasteiger partial charge in [-0.25, -0.2) is 4.79 Å². The molecule has 6 heteroatoms. The van der Waals surface area contributed by atoms with Crippen molar-refractivity contribution in [2.75, 3.05) is 34.3 Å². The fourth-order valence-electron chi connectivity index (χ4n) is 0.980. The fraction of sp³-hybridized carbons (Fsp3) is 0.667. The Balaban J connectivity index is 0. The zero-order chi connectivity index (χ0) is 14.9. The number of carbonyl (C=O) groups excluding carboxylic acids is 2. The highest BCUT2D eigenvalue weighted by molar-refractivity contribution is 5.86. The van der Waals surface area contributed by atoms with E-state index in [4.69, 9.17) is 14.6 Å². The zero-order valence-electron chi connectivity index (χ0n) is 11.7. The lowest BCUT2D eigenvalue weighted by atomic mass is 10.3. The first-order valence-electron chi connectivity index (χ1n) is 5.44. The van der Waals surface area contributed by atoms with Crippen LogP contribution >= 0.6 is 0 Å². The number of rotatable bonds is 5. The number of nitrogens with zero attached hydrogens (tertiary/aromatic N) is 1. The normalized spacial score (nSPS) is 11.9. The summed E-state index contributed by atoms with van der Waals surface area (Å²) < 4.78 is 5.44. The number of aliphatic hydroxyl groups excluding tert-OH is 1. The van der Waals surface area contributed by atoms with Crippen LogP contribution in [0.15, 0.2) is 12.2 Å². The quantitative estimate of drug-likeness (QED) is 0.387. The maximum atomic E-state index is 11.0. The molecular weight excluding hydrogens is 238 g/mol. The van der Waals surface area contributed by atoms with Crippen LogP contribution in [-0.4, -0.2) is 61.9 Å². The monoisotopic (exact) mass is 261 g/mol. The molecule has 0 spiro atoms. The highest BCUT2D eigenvalue weighted by Crippen LogP contribution is 1.98. The molecule has 0 saturated carbocycles. The third-order valence-electron chi connectivity index (χ3n) is 1.51. The Morgan fingerprint density at radius 1 is 1.33 bits per heavy atom. The van der Waals surface area contributed by atoms with Gasteiger partial charge in [0.15, 0.2) is 0 Å². The van der Waals surface area contributed by atoms with Crippen LogP contribution in [0.1, 0.15) is 13.8 Å². The Labute approximate surface area is 108 Å². The van der Waals surface area contributed by atoms with E-state index in [2.05, 4.69) is 6.58 Å². The van der Waals surface area contributed by atoms with Gasteiger partial charge in [0.05, 0.1) is 21.1 Å². The minimum atomic E-state index is -1.08. The van der Waals surface area contributed by atoms with Crippen LogP contribution in [0.2, 0.25) is 0 Å². The molecule has 0 aromatic rings. The smallest absolute Gasteiger partial charge is 0.333 e. The van der Waals surface area contributed by atoms with Gasteiger partial charge in [0.25, 0.3) is 0 Å². The third kappa shape index (κ3) is 17.0. The number of aliphatic carboxylic acids is 1. The molecule has 1 atom stereocenters. The molecule has 0 heterocycles. The summed E-state index contributed by atoms with van der Waals surface area (Å²) in [4.78, 5) is 19.9. The van der Waals surface area contributed by atoms with E-state index in [1.54, 1.807) is 6.92 Å². The van der Waals surface area contributed by atoms with Gasteiger partial charge in [-0.2, -0.15) is 0 Å². The van der Waals surface area contributed by atoms with E-state index in [1.165, 1.54) is 0 Å². The van der Waals surface area contributed by atoms with Crippen LogP contribution in [0, 0.1) is 0 Å². The SMILES string of the molecule is C=C(C)C(=O)OCC(O)C[N+](C)(C)C.CC(=O)[O-]. The number of esters is 1. The molecule has 0 rings (SSSR count). The first-order valence-corrected chi connectivity index (χ1v) is 5.44. The van der Waals surface area contributed by atoms with Gasteiger partial charge < -0.3 is 24.2 Å². The summed E-state index contributed by atoms with van der Waals surface area (Å²) in [6.07, 6.45) is -0.627. The number of ether oxygens (including phenoxy) is 1. The number of quaternary nitrogens is 1. The average Bonchev–Trinajstić information content (AvgIpc) is 2.10. The largest absolute Gasteiger partial charge is 0.550 e. The van der Waals surface area contributed by atoms with Crippen molar-refractivity contribution in [1.29, 1.82) is 0 Å². The molecule has 0 aromatic heterocycles. The number of carboxylic acid groups (broad SMARTS) is 1. The summed E-state index contributed by atoms with van der Waals surface area (Å²) in [5.41, 5.74) is 0.349. The van der Waals surface area contributed by atoms with Gasteiger partial charge in [0, 0.05) is 11.5 Å². The Hall–Kier alpha value is -1.40. The highest BCUT2D eigenvalue weighted by atomic mass is 16.5. The Morgan fingerprint density at radius 3 is 2.00 bits per heavy atom. The van der Waals surface area contributed by atoms with Crippen molar-refractivity contribution in [2.45, 2.75) is 20.0 Å². The number of hydrogen-bond acceptors (Lipinski definition) is 5. The third-order valence-corrected chi connectivity index (χ3v) is 1.51. The maximum absolute atomic E-state index is 11.0. The Bertz CT molecular complexity index is 289. The zero-order valence-corrected chi connectivity index (χ0v) is 11.7. The summed E-state index contributed by atoms with van der Waals surface area (Å²) in [6.45, 7) is 6.57. The predicted molar refractivity (Wildman–Crippen MR) is 65.4 cm³/mol. The number of aliphatic hydroxyl groups is 1. The summed E-state index contributed by atoms with van der Waals surface area (Å²) in [7, 11) is 5.89. The number of carbonyl (C=O) groups is 2. The van der Waals surface area contributed by atoms with Crippen LogP contribution in [0.4, 0.5) is 0 Å². The lowest BCUT2D eigenvalue weighted by Crippen LogP contribution is -2.43. The molecule has 1 N–H and O–H groups in total. The average molecular weight is 261 g/mol. The van der Waals surface area contributed by atoms with E-state index < -0.39 is 18.0 Å². The van der Waals surface area contributed by atoms with E-state index >= 15 is 0 Å². The van der Waals surface area contributed by atoms with Gasteiger partial charge in [-0.15, -0.1) is 0 Å². The second-order valence-corrected chi connectivity index (χ2v) is 5.00. The van der Waals surface area contributed by atoms with Crippen LogP contribution in [-0.2, 0) is 14.3 Å². The van der Waals surface area contributed by atoms with Crippen molar-refractivity contribution < 1.29 is 29.0 Å². The van der Waals surface area contributed by atoms with Gasteiger partial charge in [-0.05, 0) is 13.8 Å². The molecule has 0 saturated heterocycles. The standard InChI is InChI=1S/C10H20NO3.C2H4O2/c1-8(2)10(13)14-7-9(12)6-11(3,4)5;1-2(3)4/h9,12H,1,6-7H2,2-5H3;1H3,(H,3,4)/q+1;/p-1. The molecule has 106 valence electrons. The van der Waals surface area contributed by atoms with Crippen molar-refractivity contribution >= 4 is 11.9 Å². The first kappa shape index (κ1) is 19.0. The molecule has 0 aliphatic heterocycles. The molecule has 0 aromatic carbocycles. The van der Waals surface area contributed by atoms with Crippen LogP contribution < -0.4 is 5.11 Å². The molecule has 0 aliphatic rings. The molecule has 0 amide bonds. The predicted octanol–water partition coefficient (Wildman–Crippen LogP) is -1.07. The van der Waals surface area contributed by atoms with Crippen molar-refractivity contribution in [3.63, 3.8) is 0 Å². The van der Waals surface area contributed by atoms with E-state index in [0.29, 0.717) is 16.6 Å². The van der Waals surface area contributed by atoms with Crippen molar-refractivity contribution in [3.05, 3.63) is 12.2 Å². The van der Waals surface area contributed by atoms with Gasteiger partial charge in [0.1, 0.15) is 19.3 Å².